The Morgan fingerprint density at radius 3 is 2.75 bits per heavy atom. The number of nitrogens with one attached hydrogen (secondary N) is 2. The summed E-state index contributed by atoms with van der Waals surface area (Å²) in [7, 11) is 0. The van der Waals surface area contributed by atoms with Gasteiger partial charge in [-0.15, -0.1) is 11.3 Å². The minimum absolute atomic E-state index is 0.00246. The summed E-state index contributed by atoms with van der Waals surface area (Å²) in [5, 5.41) is 6.55. The van der Waals surface area contributed by atoms with Crippen molar-refractivity contribution < 1.29 is 9.59 Å². The van der Waals surface area contributed by atoms with Crippen LogP contribution in [0.1, 0.15) is 63.2 Å². The van der Waals surface area contributed by atoms with Gasteiger partial charge < -0.3 is 16.4 Å². The maximum absolute atomic E-state index is 12.9. The molecular weight excluding hydrogens is 374 g/mol. The number of hydrogen-bond acceptors (Lipinski definition) is 6. The fourth-order valence-electron chi connectivity index (χ4n) is 4.46. The monoisotopic (exact) mass is 407 g/mol. The zero-order valence-corrected chi connectivity index (χ0v) is 17.6. The Morgan fingerprint density at radius 1 is 1.29 bits per heavy atom. The molecule has 1 aliphatic heterocycles. The summed E-state index contributed by atoms with van der Waals surface area (Å²) < 4.78 is 0. The average Bonchev–Trinajstić information content (AvgIpc) is 3.35. The van der Waals surface area contributed by atoms with E-state index in [0.717, 1.165) is 50.1 Å². The van der Waals surface area contributed by atoms with E-state index in [1.54, 1.807) is 6.20 Å². The third-order valence-electron chi connectivity index (χ3n) is 6.01. The summed E-state index contributed by atoms with van der Waals surface area (Å²) in [6.45, 7) is 4.30. The number of aromatic nitrogens is 1. The van der Waals surface area contributed by atoms with Gasteiger partial charge >= 0.3 is 0 Å². The molecule has 7 nitrogen and oxygen atoms in total. The van der Waals surface area contributed by atoms with Crippen LogP contribution < -0.4 is 16.4 Å². The van der Waals surface area contributed by atoms with Gasteiger partial charge in [0.05, 0.1) is 12.6 Å². The summed E-state index contributed by atoms with van der Waals surface area (Å²) in [5.41, 5.74) is 5.66. The number of nitrogen functional groups attached to an aromatic ring is 1. The van der Waals surface area contributed by atoms with Gasteiger partial charge in [0.2, 0.25) is 11.8 Å². The Hall–Kier alpha value is -1.67. The largest absolute Gasteiger partial charge is 0.375 e. The van der Waals surface area contributed by atoms with Crippen molar-refractivity contribution in [3.63, 3.8) is 0 Å². The number of anilines is 1. The van der Waals surface area contributed by atoms with Gasteiger partial charge in [0.25, 0.3) is 0 Å². The van der Waals surface area contributed by atoms with Gasteiger partial charge in [-0.1, -0.05) is 39.0 Å². The molecule has 0 bridgehead atoms. The van der Waals surface area contributed by atoms with E-state index in [2.05, 4.69) is 27.4 Å². The first kappa shape index (κ1) is 21.0. The number of carbonyl (C=O) groups is 2. The number of amides is 2. The maximum Gasteiger partial charge on any atom is 0.242 e. The molecule has 156 valence electrons. The number of nitrogens with zero attached hydrogens (tertiary/aromatic N) is 2. The van der Waals surface area contributed by atoms with Crippen LogP contribution in [0.3, 0.4) is 0 Å². The molecule has 3 rings (SSSR count). The van der Waals surface area contributed by atoms with Gasteiger partial charge in [-0.3, -0.25) is 14.5 Å². The molecule has 28 heavy (non-hydrogen) atoms. The summed E-state index contributed by atoms with van der Waals surface area (Å²) >= 11 is 1.37. The summed E-state index contributed by atoms with van der Waals surface area (Å²) in [4.78, 5) is 32.9. The number of hydrogen-bond donors (Lipinski definition) is 3. The lowest BCUT2D eigenvalue weighted by atomic mass is 9.84. The van der Waals surface area contributed by atoms with Crippen LogP contribution in [0.4, 0.5) is 5.13 Å². The molecule has 2 aliphatic rings. The highest BCUT2D eigenvalue weighted by atomic mass is 32.1. The Bertz CT molecular complexity index is 659. The first-order chi connectivity index (χ1) is 13.6. The van der Waals surface area contributed by atoms with Crippen molar-refractivity contribution in [2.24, 2.45) is 5.92 Å². The van der Waals surface area contributed by atoms with Crippen LogP contribution in [0.5, 0.6) is 0 Å². The van der Waals surface area contributed by atoms with E-state index in [9.17, 15) is 9.59 Å². The molecule has 4 N–H and O–H groups in total. The third kappa shape index (κ3) is 5.67. The SMILES string of the molecule is CCN1CCCC1C(=O)N[C@@H](CC1CCCCC1)C(=O)NCc1cnc(N)s1. The molecule has 1 aromatic heterocycles. The number of thiazole rings is 1. The van der Waals surface area contributed by atoms with Gasteiger partial charge in [-0.25, -0.2) is 4.98 Å². The highest BCUT2D eigenvalue weighted by Crippen LogP contribution is 2.28. The fraction of sp³-hybridized carbons (Fsp3) is 0.750. The predicted octanol–water partition coefficient (Wildman–Crippen LogP) is 2.28. The van der Waals surface area contributed by atoms with Crippen molar-refractivity contribution >= 4 is 28.3 Å². The standard InChI is InChI=1S/C20H33N5O2S/c1-2-25-10-6-9-17(25)19(27)24-16(11-14-7-4-3-5-8-14)18(26)22-12-15-13-23-20(21)28-15/h13-14,16-17H,2-12H2,1H3,(H2,21,23)(H,22,26)(H,24,27)/t16-,17?/m0/s1. The molecule has 2 heterocycles. The van der Waals surface area contributed by atoms with Crippen molar-refractivity contribution in [3.05, 3.63) is 11.1 Å². The van der Waals surface area contributed by atoms with E-state index in [0.29, 0.717) is 17.6 Å². The van der Waals surface area contributed by atoms with Crippen LogP contribution >= 0.6 is 11.3 Å². The second-order valence-electron chi connectivity index (χ2n) is 7.97. The molecule has 2 atom stereocenters. The molecule has 2 fully saturated rings. The number of carbonyl (C=O) groups excluding carboxylic acids is 2. The van der Waals surface area contributed by atoms with E-state index in [-0.39, 0.29) is 17.9 Å². The summed E-state index contributed by atoms with van der Waals surface area (Å²) in [6.07, 6.45) is 10.3. The van der Waals surface area contributed by atoms with Gasteiger partial charge in [0, 0.05) is 11.1 Å². The first-order valence-electron chi connectivity index (χ1n) is 10.6. The fourth-order valence-corrected chi connectivity index (χ4v) is 5.08. The maximum atomic E-state index is 12.9. The van der Waals surface area contributed by atoms with E-state index >= 15 is 0 Å². The molecule has 1 saturated carbocycles. The van der Waals surface area contributed by atoms with Gasteiger partial charge in [0.1, 0.15) is 6.04 Å². The van der Waals surface area contributed by atoms with Crippen molar-refractivity contribution in [2.45, 2.75) is 76.9 Å². The lowest BCUT2D eigenvalue weighted by molar-refractivity contribution is -0.132. The van der Waals surface area contributed by atoms with Crippen molar-refractivity contribution in [3.8, 4) is 0 Å². The van der Waals surface area contributed by atoms with Crippen LogP contribution in [0.15, 0.2) is 6.20 Å². The van der Waals surface area contributed by atoms with E-state index in [4.69, 9.17) is 5.73 Å². The smallest absolute Gasteiger partial charge is 0.242 e. The Balaban J connectivity index is 1.61. The van der Waals surface area contributed by atoms with Crippen molar-refractivity contribution in [1.29, 1.82) is 0 Å². The quantitative estimate of drug-likeness (QED) is 0.614. The van der Waals surface area contributed by atoms with Crippen molar-refractivity contribution in [1.82, 2.24) is 20.5 Å². The van der Waals surface area contributed by atoms with Gasteiger partial charge in [-0.05, 0) is 38.3 Å². The number of likely N-dealkylation sites (N-methyl/N-ethyl adjacent to an activating group) is 1. The zero-order chi connectivity index (χ0) is 19.9. The minimum atomic E-state index is -0.472. The number of rotatable bonds is 8. The molecule has 1 saturated heterocycles. The first-order valence-corrected chi connectivity index (χ1v) is 11.4. The molecule has 2 amide bonds. The van der Waals surface area contributed by atoms with Gasteiger partial charge in [-0.2, -0.15) is 0 Å². The lowest BCUT2D eigenvalue weighted by Gasteiger charge is -2.29. The highest BCUT2D eigenvalue weighted by molar-refractivity contribution is 7.15. The molecule has 1 aliphatic carbocycles. The van der Waals surface area contributed by atoms with E-state index in [1.807, 2.05) is 0 Å². The van der Waals surface area contributed by atoms with Crippen LogP contribution in [-0.4, -0.2) is 46.9 Å². The molecule has 1 aromatic rings. The summed E-state index contributed by atoms with van der Waals surface area (Å²) in [5.74, 6) is 0.402. The lowest BCUT2D eigenvalue weighted by Crippen LogP contribution is -2.52. The van der Waals surface area contributed by atoms with Crippen LogP contribution in [0.25, 0.3) is 0 Å². The highest BCUT2D eigenvalue weighted by Gasteiger charge is 2.33. The van der Waals surface area contributed by atoms with Crippen LogP contribution in [0, 0.1) is 5.92 Å². The molecular formula is C20H33N5O2S. The Morgan fingerprint density at radius 2 is 2.07 bits per heavy atom. The molecule has 0 radical (unpaired) electrons. The zero-order valence-electron chi connectivity index (χ0n) is 16.8. The topological polar surface area (TPSA) is 100 Å². The van der Waals surface area contributed by atoms with E-state index < -0.39 is 6.04 Å². The van der Waals surface area contributed by atoms with E-state index in [1.165, 1.54) is 30.6 Å². The summed E-state index contributed by atoms with van der Waals surface area (Å²) in [6, 6.07) is -0.576. The van der Waals surface area contributed by atoms with Crippen molar-refractivity contribution in [2.75, 3.05) is 18.8 Å². The average molecular weight is 408 g/mol. The molecule has 0 spiro atoms. The minimum Gasteiger partial charge on any atom is -0.375 e. The normalized spacial score (nSPS) is 22.1. The van der Waals surface area contributed by atoms with Crippen LogP contribution in [-0.2, 0) is 16.1 Å². The van der Waals surface area contributed by atoms with Crippen LogP contribution in [0.2, 0.25) is 0 Å². The molecule has 0 aromatic carbocycles. The number of likely N-dealkylation sites (tertiary alicyclic amines) is 1. The second-order valence-corrected chi connectivity index (χ2v) is 9.12. The molecule has 1 unspecified atom stereocenters. The number of nitrogens with two attached hydrogens (primary N) is 1. The Labute approximate surface area is 171 Å². The second kappa shape index (κ2) is 10.2. The third-order valence-corrected chi connectivity index (χ3v) is 6.83. The predicted molar refractivity (Wildman–Crippen MR) is 112 cm³/mol. The van der Waals surface area contributed by atoms with Gasteiger partial charge in [0.15, 0.2) is 5.13 Å². The Kier molecular flexibility index (Phi) is 7.67. The molecule has 8 heteroatoms.